The summed E-state index contributed by atoms with van der Waals surface area (Å²) in [7, 11) is -17.4. The molecular weight excluding hydrogens is 949 g/mol. The number of anilines is 1. The van der Waals surface area contributed by atoms with E-state index < -0.39 is 74.9 Å². The second kappa shape index (κ2) is 20.0. The van der Waals surface area contributed by atoms with Crippen molar-refractivity contribution >= 4 is 69.7 Å². The zero-order valence-electron chi connectivity index (χ0n) is 35.7. The Morgan fingerprint density at radius 1 is 0.800 bits per heavy atom. The minimum atomic E-state index is -4.54. The lowest BCUT2D eigenvalue weighted by molar-refractivity contribution is -0.437. The van der Waals surface area contributed by atoms with E-state index in [1.54, 1.807) is 12.1 Å². The zero-order valence-corrected chi connectivity index (χ0v) is 39.8. The van der Waals surface area contributed by atoms with Crippen LogP contribution in [-0.2, 0) is 52.5 Å². The number of benzene rings is 3. The summed E-state index contributed by atoms with van der Waals surface area (Å²) in [5.74, 6) is 0.0592. The average molecular weight is 1000 g/mol. The largest absolute Gasteiger partial charge is 0.750 e. The van der Waals surface area contributed by atoms with Gasteiger partial charge in [0, 0.05) is 53.2 Å². The number of hydrogen-bond acceptors (Lipinski definition) is 14. The summed E-state index contributed by atoms with van der Waals surface area (Å²) in [4.78, 5) is 1.52. The van der Waals surface area contributed by atoms with Crippen LogP contribution in [0.25, 0.3) is 0 Å². The van der Waals surface area contributed by atoms with E-state index in [-0.39, 0.29) is 35.7 Å². The molecule has 2 heterocycles. The summed E-state index contributed by atoms with van der Waals surface area (Å²) in [6.07, 6.45) is 9.63. The molecule has 0 aromatic heterocycles. The van der Waals surface area contributed by atoms with Gasteiger partial charge in [0.15, 0.2) is 5.71 Å². The fourth-order valence-electron chi connectivity index (χ4n) is 8.24. The van der Waals surface area contributed by atoms with Gasteiger partial charge in [-0.3, -0.25) is 9.11 Å². The van der Waals surface area contributed by atoms with E-state index in [0.717, 1.165) is 23.3 Å². The summed E-state index contributed by atoms with van der Waals surface area (Å²) in [5.41, 5.74) is 3.95. The summed E-state index contributed by atoms with van der Waals surface area (Å²) in [5, 5.41) is 0. The summed E-state index contributed by atoms with van der Waals surface area (Å²) in [6, 6.07) is 18.0. The first-order valence-corrected chi connectivity index (χ1v) is 27.1. The van der Waals surface area contributed by atoms with E-state index in [1.165, 1.54) is 24.3 Å². The van der Waals surface area contributed by atoms with Crippen molar-refractivity contribution in [2.75, 3.05) is 29.5 Å². The predicted molar refractivity (Wildman–Crippen MR) is 245 cm³/mol. The number of nitrogens with zero attached hydrogens (tertiary/aromatic N) is 2. The molecular formula is C42H51N2O16S5-. The predicted octanol–water partition coefficient (Wildman–Crippen LogP) is 7.13. The highest BCUT2D eigenvalue weighted by Gasteiger charge is 2.45. The van der Waals surface area contributed by atoms with Crippen molar-refractivity contribution < 1.29 is 75.2 Å². The third kappa shape index (κ3) is 13.1. The highest BCUT2D eigenvalue weighted by Crippen LogP contribution is 2.53. The molecule has 6 rings (SSSR count). The Labute approximate surface area is 383 Å². The van der Waals surface area contributed by atoms with Crippen molar-refractivity contribution in [3.05, 3.63) is 125 Å². The van der Waals surface area contributed by atoms with Crippen LogP contribution in [-0.4, -0.2) is 101 Å². The maximum atomic E-state index is 12.2. The third-order valence-electron chi connectivity index (χ3n) is 11.2. The molecule has 1 unspecified atom stereocenters. The SMILES string of the molecule is CC1(C)C(=CC=C2CCCC(C=CC3=[N+](CCCS(=O)(=O)O)c4ccc(S(=O)(=O)O)cc4C3(C)C)=C2Oc2ccccc2)N(CCCS(=O)(=O)[O-])c2ccc(S(O)(O)O)cc21.O=S([O-])O. The molecule has 0 radical (unpaired) electrons. The first-order valence-electron chi connectivity index (χ1n) is 19.9. The minimum absolute atomic E-state index is 0.0203. The van der Waals surface area contributed by atoms with Crippen molar-refractivity contribution in [1.29, 1.82) is 0 Å². The van der Waals surface area contributed by atoms with Gasteiger partial charge in [0.2, 0.25) is 5.69 Å². The monoisotopic (exact) mass is 999 g/mol. The minimum Gasteiger partial charge on any atom is -0.750 e. The van der Waals surface area contributed by atoms with Gasteiger partial charge in [-0.2, -0.15) is 21.4 Å². The highest BCUT2D eigenvalue weighted by molar-refractivity contribution is 8.19. The Hall–Kier alpha value is -4.08. The van der Waals surface area contributed by atoms with E-state index in [4.69, 9.17) is 18.1 Å². The molecule has 0 saturated heterocycles. The molecule has 0 amide bonds. The third-order valence-corrected chi connectivity index (χ3v) is 14.6. The van der Waals surface area contributed by atoms with Crippen molar-refractivity contribution in [2.45, 2.75) is 80.4 Å². The van der Waals surface area contributed by atoms with Crippen molar-refractivity contribution in [2.24, 2.45) is 0 Å². The van der Waals surface area contributed by atoms with Gasteiger partial charge >= 0.3 is 0 Å². The molecule has 65 heavy (non-hydrogen) atoms. The van der Waals surface area contributed by atoms with Crippen molar-refractivity contribution in [1.82, 2.24) is 0 Å². The van der Waals surface area contributed by atoms with Gasteiger partial charge in [-0.1, -0.05) is 38.1 Å². The molecule has 0 saturated carbocycles. The molecule has 3 aromatic carbocycles. The van der Waals surface area contributed by atoms with Crippen molar-refractivity contribution in [3.8, 4) is 5.75 Å². The van der Waals surface area contributed by atoms with Gasteiger partial charge in [0.25, 0.3) is 20.2 Å². The molecule has 356 valence electrons. The Kier molecular flexibility index (Phi) is 16.0. The molecule has 3 aromatic rings. The molecule has 2 aliphatic heterocycles. The number of hydrogen-bond donors (Lipinski definition) is 6. The van der Waals surface area contributed by atoms with Gasteiger partial charge < -0.3 is 37.0 Å². The second-order valence-corrected chi connectivity index (χ2v) is 22.9. The quantitative estimate of drug-likeness (QED) is 0.0501. The van der Waals surface area contributed by atoms with Gasteiger partial charge in [0.05, 0.1) is 42.4 Å². The smallest absolute Gasteiger partial charge is 0.294 e. The lowest BCUT2D eigenvalue weighted by Gasteiger charge is -2.28. The van der Waals surface area contributed by atoms with Gasteiger partial charge in [0.1, 0.15) is 28.9 Å². The van der Waals surface area contributed by atoms with Gasteiger partial charge in [-0.15, -0.1) is 0 Å². The Morgan fingerprint density at radius 3 is 2.03 bits per heavy atom. The van der Waals surface area contributed by atoms with E-state index in [0.29, 0.717) is 52.6 Å². The van der Waals surface area contributed by atoms with Crippen molar-refractivity contribution in [3.63, 3.8) is 0 Å². The first kappa shape index (κ1) is 51.9. The molecule has 6 N–H and O–H groups in total. The van der Waals surface area contributed by atoms with E-state index in [1.807, 2.05) is 91.8 Å². The van der Waals surface area contributed by atoms with Crippen LogP contribution in [0.15, 0.2) is 123 Å². The maximum absolute atomic E-state index is 12.2. The molecule has 1 atom stereocenters. The number of rotatable bonds is 15. The maximum Gasteiger partial charge on any atom is 0.294 e. The normalized spacial score (nSPS) is 19.4. The van der Waals surface area contributed by atoms with Crippen LogP contribution in [0.4, 0.5) is 11.4 Å². The molecule has 0 spiro atoms. The number of ether oxygens (including phenoxy) is 1. The lowest BCUT2D eigenvalue weighted by Crippen LogP contribution is -2.28. The van der Waals surface area contributed by atoms with Crippen LogP contribution < -0.4 is 9.64 Å². The topological polar surface area (TPSA) is 302 Å². The molecule has 18 nitrogen and oxygen atoms in total. The van der Waals surface area contributed by atoms with Crippen LogP contribution in [0.2, 0.25) is 0 Å². The molecule has 0 fully saturated rings. The van der Waals surface area contributed by atoms with E-state index in [2.05, 4.69) is 0 Å². The first-order chi connectivity index (χ1) is 30.0. The van der Waals surface area contributed by atoms with Crippen LogP contribution in [0.5, 0.6) is 5.75 Å². The van der Waals surface area contributed by atoms with Crippen LogP contribution in [0, 0.1) is 0 Å². The van der Waals surface area contributed by atoms with Gasteiger partial charge in [-0.25, -0.2) is 12.6 Å². The highest BCUT2D eigenvalue weighted by atomic mass is 32.3. The van der Waals surface area contributed by atoms with Gasteiger partial charge in [-0.05, 0) is 111 Å². The molecule has 3 aliphatic rings. The molecule has 23 heteroatoms. The zero-order chi connectivity index (χ0) is 48.3. The summed E-state index contributed by atoms with van der Waals surface area (Å²) >= 11 is -2.86. The fourth-order valence-corrected chi connectivity index (χ4v) is 10.3. The second-order valence-electron chi connectivity index (χ2n) is 16.5. The fraction of sp³-hybridized carbons (Fsp3) is 0.357. The summed E-state index contributed by atoms with van der Waals surface area (Å²) in [6.45, 7) is 7.93. The van der Waals surface area contributed by atoms with E-state index >= 15 is 0 Å². The molecule has 1 aliphatic carbocycles. The average Bonchev–Trinajstić information content (AvgIpc) is 3.52. The number of fused-ring (bicyclic) bond motifs is 2. The lowest BCUT2D eigenvalue weighted by atomic mass is 9.81. The Balaban J connectivity index is 0.00000190. The van der Waals surface area contributed by atoms with E-state index in [9.17, 15) is 52.6 Å². The Morgan fingerprint density at radius 2 is 1.43 bits per heavy atom. The standard InChI is InChI=1S/C42H50N2O13S4.H2O3S/c1-41(2)34-27-32(60(51,52)53)17-19-36(34)43(23-9-25-58(45,46)47)38(41)21-15-29-11-8-12-30(40(29)57-31-13-6-5-7-14-31)16-22-39-42(3,4)35-28-33(61(54,55)56)18-20-37(35)44(39)24-10-26-59(48,49)50;1-4(2)3/h5-7,13-22,27-28H,8-12,23-26H2,1-4H3,(H5-,45,46,47,48,49,50,51,52,53,54,55,56);(H2,1,2,3)/p-1. The number of para-hydroxylation sites is 1. The molecule has 0 bridgehead atoms. The number of allylic oxidation sites excluding steroid dienone is 7. The van der Waals surface area contributed by atoms with Crippen LogP contribution in [0.1, 0.15) is 70.9 Å². The van der Waals surface area contributed by atoms with Crippen LogP contribution in [0.3, 0.4) is 0 Å². The van der Waals surface area contributed by atoms with Crippen LogP contribution >= 0.6 is 10.9 Å². The summed E-state index contributed by atoms with van der Waals surface area (Å²) < 4.78 is 165. The Bertz CT molecular complexity index is 2820.